The zero-order valence-electron chi connectivity index (χ0n) is 34.3. The lowest BCUT2D eigenvalue weighted by atomic mass is 9.75. The van der Waals surface area contributed by atoms with Gasteiger partial charge in [0.05, 0.1) is 0 Å². The van der Waals surface area contributed by atoms with Crippen LogP contribution in [0.25, 0.3) is 55.6 Å². The molecule has 0 radical (unpaired) electrons. The van der Waals surface area contributed by atoms with Crippen molar-refractivity contribution in [1.82, 2.24) is 0 Å². The molecule has 0 amide bonds. The molecule has 2 nitrogen and oxygen atoms in total. The Morgan fingerprint density at radius 1 is 0.328 bits per heavy atom. The Morgan fingerprint density at radius 3 is 1.26 bits per heavy atom. The lowest BCUT2D eigenvalue weighted by Crippen LogP contribution is -2.13. The number of fused-ring (bicyclic) bond motifs is 8. The minimum Gasteiger partial charge on any atom is -0.355 e. The molecule has 0 saturated carbocycles. The van der Waals surface area contributed by atoms with Gasteiger partial charge in [-0.1, -0.05) is 157 Å². The van der Waals surface area contributed by atoms with Crippen LogP contribution in [-0.4, -0.2) is 0 Å². The zero-order valence-corrected chi connectivity index (χ0v) is 34.3. The van der Waals surface area contributed by atoms with Crippen molar-refractivity contribution in [2.24, 2.45) is 0 Å². The van der Waals surface area contributed by atoms with Crippen molar-refractivity contribution >= 4 is 28.4 Å². The number of hydrogen-bond donors (Lipinski definition) is 1. The highest BCUT2D eigenvalue weighted by atomic mass is 15.1. The maximum absolute atomic E-state index is 3.85. The molecule has 1 aliphatic rings. The van der Waals surface area contributed by atoms with Crippen molar-refractivity contribution < 1.29 is 0 Å². The topological polar surface area (TPSA) is 15.3 Å². The van der Waals surface area contributed by atoms with Crippen LogP contribution >= 0.6 is 0 Å². The first-order valence-electron chi connectivity index (χ1n) is 20.4. The maximum atomic E-state index is 3.85. The van der Waals surface area contributed by atoms with E-state index >= 15 is 0 Å². The third kappa shape index (κ3) is 7.01. The van der Waals surface area contributed by atoms with Crippen LogP contribution in [0.1, 0.15) is 52.7 Å². The Labute approximate surface area is 344 Å². The molecule has 0 fully saturated rings. The number of nitrogens with one attached hydrogen (secondary N) is 1. The first kappa shape index (κ1) is 37.0. The molecule has 58 heavy (non-hydrogen) atoms. The molecule has 0 atom stereocenters. The highest BCUT2D eigenvalue weighted by Crippen LogP contribution is 2.53. The summed E-state index contributed by atoms with van der Waals surface area (Å²) in [6, 6.07) is 69.1. The molecular weight excluding hydrogens is 701 g/mol. The maximum Gasteiger partial charge on any atom is 0.0470 e. The molecule has 0 saturated heterocycles. The molecule has 8 aromatic carbocycles. The Balaban J connectivity index is 1.40. The van der Waals surface area contributed by atoms with Gasteiger partial charge in [-0.3, -0.25) is 0 Å². The van der Waals surface area contributed by atoms with Crippen molar-refractivity contribution in [3.8, 4) is 55.6 Å². The first-order valence-corrected chi connectivity index (χ1v) is 20.4. The predicted molar refractivity (Wildman–Crippen MR) is 249 cm³/mol. The van der Waals surface area contributed by atoms with Gasteiger partial charge in [0.2, 0.25) is 0 Å². The third-order valence-electron chi connectivity index (χ3n) is 11.5. The van der Waals surface area contributed by atoms with Crippen LogP contribution in [-0.2, 0) is 10.8 Å². The van der Waals surface area contributed by atoms with Gasteiger partial charge in [-0.2, -0.15) is 0 Å². The van der Waals surface area contributed by atoms with E-state index in [2.05, 4.69) is 240 Å². The van der Waals surface area contributed by atoms with E-state index in [0.717, 1.165) is 34.0 Å². The van der Waals surface area contributed by atoms with Gasteiger partial charge >= 0.3 is 0 Å². The Kier molecular flexibility index (Phi) is 9.37. The van der Waals surface area contributed by atoms with Crippen molar-refractivity contribution in [2.75, 3.05) is 10.2 Å². The summed E-state index contributed by atoms with van der Waals surface area (Å²) in [4.78, 5) is 2.37. The normalized spacial score (nSPS) is 12.0. The van der Waals surface area contributed by atoms with E-state index in [9.17, 15) is 0 Å². The fourth-order valence-corrected chi connectivity index (χ4v) is 8.35. The van der Waals surface area contributed by atoms with Gasteiger partial charge in [-0.05, 0) is 145 Å². The van der Waals surface area contributed by atoms with Gasteiger partial charge in [0.15, 0.2) is 0 Å². The SMILES string of the molecule is CC(C)(C)c1ccc2c(c1)-c1cc(N(c3ccccc3)c3ccccc3)ccc1-c1cc(-c3ccccc3)c(Nc3ccccc3)cc1-c1cc(C(C)(C)C)ccc1-2. The van der Waals surface area contributed by atoms with Gasteiger partial charge in [0.1, 0.15) is 0 Å². The molecule has 0 spiro atoms. The van der Waals surface area contributed by atoms with Crippen molar-refractivity contribution in [1.29, 1.82) is 0 Å². The second-order valence-corrected chi connectivity index (χ2v) is 17.6. The average molecular weight is 751 g/mol. The summed E-state index contributed by atoms with van der Waals surface area (Å²) in [6.07, 6.45) is 0. The second kappa shape index (κ2) is 14.7. The molecule has 2 heteroatoms. The van der Waals surface area contributed by atoms with Crippen LogP contribution in [0.5, 0.6) is 0 Å². The monoisotopic (exact) mass is 750 g/mol. The van der Waals surface area contributed by atoms with Crippen LogP contribution < -0.4 is 10.2 Å². The molecule has 284 valence electrons. The predicted octanol–water partition coefficient (Wildman–Crippen LogP) is 16.1. The Hall–Kier alpha value is -6.64. The molecular formula is C56H50N2. The minimum absolute atomic E-state index is 0.0310. The molecule has 0 heterocycles. The van der Waals surface area contributed by atoms with Crippen LogP contribution in [0.2, 0.25) is 0 Å². The summed E-state index contributed by atoms with van der Waals surface area (Å²) >= 11 is 0. The average Bonchev–Trinajstić information content (AvgIpc) is 3.24. The van der Waals surface area contributed by atoms with Crippen LogP contribution in [0.15, 0.2) is 188 Å². The van der Waals surface area contributed by atoms with Gasteiger partial charge < -0.3 is 10.2 Å². The smallest absolute Gasteiger partial charge is 0.0470 e. The molecule has 8 aromatic rings. The fourth-order valence-electron chi connectivity index (χ4n) is 8.35. The van der Waals surface area contributed by atoms with Crippen LogP contribution in [0.4, 0.5) is 28.4 Å². The zero-order chi connectivity index (χ0) is 40.0. The van der Waals surface area contributed by atoms with E-state index in [4.69, 9.17) is 0 Å². The van der Waals surface area contributed by atoms with E-state index in [-0.39, 0.29) is 10.8 Å². The Bertz CT molecular complexity index is 2700. The quantitative estimate of drug-likeness (QED) is 0.182. The van der Waals surface area contributed by atoms with Crippen molar-refractivity contribution in [3.63, 3.8) is 0 Å². The van der Waals surface area contributed by atoms with E-state index in [1.807, 2.05) is 0 Å². The number of nitrogens with zero attached hydrogens (tertiary/aromatic N) is 1. The van der Waals surface area contributed by atoms with Crippen LogP contribution in [0.3, 0.4) is 0 Å². The van der Waals surface area contributed by atoms with Gasteiger partial charge in [-0.25, -0.2) is 0 Å². The first-order chi connectivity index (χ1) is 28.0. The fraction of sp³-hybridized carbons (Fsp3) is 0.143. The molecule has 0 unspecified atom stereocenters. The molecule has 0 bridgehead atoms. The van der Waals surface area contributed by atoms with E-state index < -0.39 is 0 Å². The lowest BCUT2D eigenvalue weighted by molar-refractivity contribution is 0.590. The highest BCUT2D eigenvalue weighted by molar-refractivity contribution is 6.07. The third-order valence-corrected chi connectivity index (χ3v) is 11.5. The van der Waals surface area contributed by atoms with Crippen molar-refractivity contribution in [3.05, 3.63) is 199 Å². The number of hydrogen-bond acceptors (Lipinski definition) is 2. The molecule has 1 aliphatic carbocycles. The number of rotatable bonds is 6. The van der Waals surface area contributed by atoms with E-state index in [1.54, 1.807) is 0 Å². The summed E-state index contributed by atoms with van der Waals surface area (Å²) in [5.41, 5.74) is 20.2. The summed E-state index contributed by atoms with van der Waals surface area (Å²) in [6.45, 7) is 13.9. The molecule has 9 rings (SSSR count). The summed E-state index contributed by atoms with van der Waals surface area (Å²) < 4.78 is 0. The number of anilines is 5. The number of benzene rings is 8. The van der Waals surface area contributed by atoms with Crippen LogP contribution in [0, 0.1) is 0 Å². The standard InChI is InChI=1S/C56H50N2/c1-55(2,3)39-27-30-45-46-31-28-40(56(4,5)6)34-50(46)53-37-54(57-41-21-13-8-14-22-41)48(38-19-11-7-12-20-38)36-52(53)47-32-29-44(35-51(47)49(45)33-39)58(42-23-15-9-16-24-42)43-25-17-10-18-26-43/h7-37,57H,1-6H3. The number of para-hydroxylation sites is 3. The van der Waals surface area contributed by atoms with Gasteiger partial charge in [0, 0.05) is 34.0 Å². The summed E-state index contributed by atoms with van der Waals surface area (Å²) in [5, 5.41) is 3.85. The lowest BCUT2D eigenvalue weighted by Gasteiger charge is -2.30. The summed E-state index contributed by atoms with van der Waals surface area (Å²) in [5.74, 6) is 0. The van der Waals surface area contributed by atoms with Gasteiger partial charge in [0.25, 0.3) is 0 Å². The Morgan fingerprint density at radius 2 is 0.741 bits per heavy atom. The molecule has 0 aromatic heterocycles. The second-order valence-electron chi connectivity index (χ2n) is 17.6. The van der Waals surface area contributed by atoms with Gasteiger partial charge in [-0.15, -0.1) is 0 Å². The summed E-state index contributed by atoms with van der Waals surface area (Å²) in [7, 11) is 0. The van der Waals surface area contributed by atoms with E-state index in [0.29, 0.717) is 0 Å². The molecule has 1 N–H and O–H groups in total. The van der Waals surface area contributed by atoms with Crippen molar-refractivity contribution in [2.45, 2.75) is 52.4 Å². The minimum atomic E-state index is -0.0371. The molecule has 0 aliphatic heterocycles. The highest BCUT2D eigenvalue weighted by Gasteiger charge is 2.28. The largest absolute Gasteiger partial charge is 0.355 e. The van der Waals surface area contributed by atoms with E-state index in [1.165, 1.54) is 61.2 Å².